The number of fused-ring (bicyclic) bond motifs is 2. The molecule has 9 nitrogen and oxygen atoms in total. The molecule has 0 radical (unpaired) electrons. The van der Waals surface area contributed by atoms with E-state index in [2.05, 4.69) is 24.5 Å². The summed E-state index contributed by atoms with van der Waals surface area (Å²) in [6.07, 6.45) is 0. The van der Waals surface area contributed by atoms with E-state index in [0.717, 1.165) is 6.07 Å². The molecule has 48 heavy (non-hydrogen) atoms. The predicted octanol–water partition coefficient (Wildman–Crippen LogP) is 7.02. The lowest BCUT2D eigenvalue weighted by Gasteiger charge is -2.14. The summed E-state index contributed by atoms with van der Waals surface area (Å²) in [7, 11) is 0. The standard InChI is InChI=1S/C31HF8N9/c1-44-13(7-42)17-9-4-10-16(11(5-40)15(9)12(6-41)19(17)21-23(32)28(36)47-29(37)24(21)33)27(46-3)20(18(10)14(8-43)45-2)22-25(34)30(38)48-31(39)26(22)35/h4H/b17-13+,18-14-. The number of halogens is 8. The highest BCUT2D eigenvalue weighted by molar-refractivity contribution is 6.30. The first kappa shape index (κ1) is 31.8. The quantitative estimate of drug-likeness (QED) is 0.127. The zero-order valence-corrected chi connectivity index (χ0v) is 22.6. The lowest BCUT2D eigenvalue weighted by molar-refractivity contribution is 0.404. The van der Waals surface area contributed by atoms with Gasteiger partial charge in [-0.3, -0.25) is 0 Å². The van der Waals surface area contributed by atoms with Crippen molar-refractivity contribution in [1.82, 2.24) is 9.97 Å². The first-order valence-electron chi connectivity index (χ1n) is 12.2. The molecule has 0 unspecified atom stereocenters. The van der Waals surface area contributed by atoms with Gasteiger partial charge in [0.25, 0.3) is 35.2 Å². The first-order valence-corrected chi connectivity index (χ1v) is 12.2. The summed E-state index contributed by atoms with van der Waals surface area (Å²) < 4.78 is 118. The lowest BCUT2D eigenvalue weighted by Crippen LogP contribution is -2.07. The fourth-order valence-electron chi connectivity index (χ4n) is 5.35. The maximum Gasteiger partial charge on any atom is 0.270 e. The van der Waals surface area contributed by atoms with Crippen molar-refractivity contribution in [2.24, 2.45) is 0 Å². The Hall–Kier alpha value is -7.65. The van der Waals surface area contributed by atoms with Crippen LogP contribution in [0.2, 0.25) is 0 Å². The molecule has 0 amide bonds. The van der Waals surface area contributed by atoms with E-state index >= 15 is 17.6 Å². The second-order valence-corrected chi connectivity index (χ2v) is 9.19. The van der Waals surface area contributed by atoms with Crippen LogP contribution in [0.5, 0.6) is 0 Å². The molecule has 0 fully saturated rings. The smallest absolute Gasteiger partial charge is 0.237 e. The molecule has 2 aliphatic rings. The van der Waals surface area contributed by atoms with Crippen LogP contribution in [0, 0.1) is 112 Å². The molecule has 1 aromatic carbocycles. The van der Waals surface area contributed by atoms with Crippen LogP contribution in [-0.4, -0.2) is 9.97 Å². The minimum Gasteiger partial charge on any atom is -0.237 e. The van der Waals surface area contributed by atoms with E-state index in [1.165, 1.54) is 18.2 Å². The molecule has 0 atom stereocenters. The number of nitrogens with zero attached hydrogens (tertiary/aromatic N) is 9. The maximum atomic E-state index is 15.2. The topological polar surface area (TPSA) is 134 Å². The third kappa shape index (κ3) is 4.09. The normalized spacial score (nSPS) is 14.9. The van der Waals surface area contributed by atoms with E-state index in [1.54, 1.807) is 6.07 Å². The molecule has 0 saturated heterocycles. The van der Waals surface area contributed by atoms with Crippen LogP contribution in [0.4, 0.5) is 35.1 Å². The average Bonchev–Trinajstić information content (AvgIpc) is 3.56. The molecule has 3 aromatic rings. The van der Waals surface area contributed by atoms with Crippen LogP contribution in [0.1, 0.15) is 38.9 Å². The van der Waals surface area contributed by atoms with Crippen molar-refractivity contribution < 1.29 is 35.1 Å². The molecule has 2 aromatic heterocycles. The van der Waals surface area contributed by atoms with Crippen LogP contribution in [0.15, 0.2) is 17.5 Å². The highest BCUT2D eigenvalue weighted by Gasteiger charge is 2.43. The van der Waals surface area contributed by atoms with Crippen molar-refractivity contribution in [2.45, 2.75) is 0 Å². The zero-order valence-electron chi connectivity index (χ0n) is 22.6. The van der Waals surface area contributed by atoms with Gasteiger partial charge in [0.1, 0.15) is 6.07 Å². The highest BCUT2D eigenvalue weighted by Crippen LogP contribution is 2.57. The van der Waals surface area contributed by atoms with Gasteiger partial charge in [0.2, 0.25) is 5.70 Å². The molecule has 0 spiro atoms. The molecule has 2 heterocycles. The second kappa shape index (κ2) is 11.4. The van der Waals surface area contributed by atoms with E-state index in [4.69, 9.17) is 19.7 Å². The Morgan fingerprint density at radius 2 is 1.00 bits per heavy atom. The summed E-state index contributed by atoms with van der Waals surface area (Å²) in [5, 5.41) is 40.0. The van der Waals surface area contributed by atoms with E-state index in [9.17, 15) is 38.6 Å². The summed E-state index contributed by atoms with van der Waals surface area (Å²) >= 11 is 0. The summed E-state index contributed by atoms with van der Waals surface area (Å²) in [6, 6.07) is 6.57. The van der Waals surface area contributed by atoms with Crippen LogP contribution in [-0.2, 0) is 0 Å². The predicted molar refractivity (Wildman–Crippen MR) is 143 cm³/mol. The van der Waals surface area contributed by atoms with Crippen LogP contribution >= 0.6 is 0 Å². The maximum absolute atomic E-state index is 15.2. The zero-order chi connectivity index (χ0) is 35.4. The molecule has 0 aliphatic heterocycles. The molecule has 5 rings (SSSR count). The largest absolute Gasteiger partial charge is 0.270 e. The molecule has 17 heteroatoms. The van der Waals surface area contributed by atoms with Crippen LogP contribution in [0.25, 0.3) is 48.1 Å². The lowest BCUT2D eigenvalue weighted by atomic mass is 9.88. The minimum absolute atomic E-state index is 0.637. The van der Waals surface area contributed by atoms with Crippen molar-refractivity contribution in [3.63, 3.8) is 0 Å². The SMILES string of the molecule is [C-]#[N+]C1=C(c2c(F)c(F)nc(F)c2F)/C(=C(/C#N)[N+]#[C-])c2cc3c(c(C#N)c21)C(C#N)=C(c1c(F)c(F)nc(F)c1F)/C3=C(\C#N)[N+]#[C-]. The highest BCUT2D eigenvalue weighted by atomic mass is 19.2. The van der Waals surface area contributed by atoms with Gasteiger partial charge in [-0.15, -0.1) is 0 Å². The van der Waals surface area contributed by atoms with Gasteiger partial charge in [0, 0.05) is 22.3 Å². The Labute approximate surface area is 261 Å². The number of hydrogen-bond acceptors (Lipinski definition) is 6. The fourth-order valence-corrected chi connectivity index (χ4v) is 5.35. The number of pyridine rings is 2. The van der Waals surface area contributed by atoms with Crippen molar-refractivity contribution >= 4 is 33.6 Å². The Balaban J connectivity index is 2.12. The molecule has 0 bridgehead atoms. The number of hydrogen-bond donors (Lipinski definition) is 0. The molecule has 2 aliphatic carbocycles. The van der Waals surface area contributed by atoms with Gasteiger partial charge < -0.3 is 0 Å². The summed E-state index contributed by atoms with van der Waals surface area (Å²) in [5.74, 6) is -17.6. The minimum atomic E-state index is -2.21. The van der Waals surface area contributed by atoms with Crippen molar-refractivity contribution in [1.29, 1.82) is 21.0 Å². The van der Waals surface area contributed by atoms with E-state index in [-0.39, 0.29) is 0 Å². The fraction of sp³-hybridized carbons (Fsp3) is 0. The average molecular weight is 651 g/mol. The Morgan fingerprint density at radius 3 is 1.38 bits per heavy atom. The van der Waals surface area contributed by atoms with Crippen molar-refractivity contribution in [3.8, 4) is 24.3 Å². The summed E-state index contributed by atoms with van der Waals surface area (Å²) in [4.78, 5) is 13.9. The number of nitriles is 4. The molecule has 0 saturated carbocycles. The molecule has 226 valence electrons. The van der Waals surface area contributed by atoms with Crippen molar-refractivity contribution in [3.05, 3.63) is 138 Å². The van der Waals surface area contributed by atoms with Gasteiger partial charge in [-0.05, 0) is 28.3 Å². The Kier molecular flexibility index (Phi) is 7.52. The van der Waals surface area contributed by atoms with Gasteiger partial charge in [0.15, 0.2) is 23.3 Å². The summed E-state index contributed by atoms with van der Waals surface area (Å²) in [6.45, 7) is 22.7. The van der Waals surface area contributed by atoms with Gasteiger partial charge in [-0.25, -0.2) is 42.6 Å². The number of aromatic nitrogens is 2. The third-order valence-corrected chi connectivity index (χ3v) is 7.08. The Morgan fingerprint density at radius 1 is 0.583 bits per heavy atom. The van der Waals surface area contributed by atoms with E-state index < -0.39 is 131 Å². The first-order chi connectivity index (χ1) is 22.9. The Bertz CT molecular complexity index is 2310. The summed E-state index contributed by atoms with van der Waals surface area (Å²) in [5.41, 5.74) is -15.1. The second-order valence-electron chi connectivity index (χ2n) is 9.19. The van der Waals surface area contributed by atoms with Gasteiger partial charge in [0.05, 0.1) is 60.2 Å². The third-order valence-electron chi connectivity index (χ3n) is 7.08. The van der Waals surface area contributed by atoms with Gasteiger partial charge in [-0.1, -0.05) is 0 Å². The monoisotopic (exact) mass is 651 g/mol. The van der Waals surface area contributed by atoms with E-state index in [1.807, 2.05) is 0 Å². The van der Waals surface area contributed by atoms with Crippen LogP contribution < -0.4 is 0 Å². The molecular weight excluding hydrogens is 650 g/mol. The van der Waals surface area contributed by atoms with Crippen LogP contribution in [0.3, 0.4) is 0 Å². The number of rotatable bonds is 2. The molecular formula is C31HF8N9. The number of benzene rings is 1. The van der Waals surface area contributed by atoms with Gasteiger partial charge in [-0.2, -0.15) is 38.1 Å². The van der Waals surface area contributed by atoms with Crippen molar-refractivity contribution in [2.75, 3.05) is 0 Å². The molecule has 0 N–H and O–H groups in total. The van der Waals surface area contributed by atoms with Gasteiger partial charge >= 0.3 is 0 Å². The number of allylic oxidation sites excluding steroid dienone is 7. The van der Waals surface area contributed by atoms with E-state index in [0.29, 0.717) is 0 Å².